The molecule has 0 fully saturated rings. The van der Waals surface area contributed by atoms with Crippen LogP contribution < -0.4 is 10.1 Å². The summed E-state index contributed by atoms with van der Waals surface area (Å²) < 4.78 is 37.2. The monoisotopic (exact) mass is 343 g/mol. The van der Waals surface area contributed by atoms with Gasteiger partial charge in [0.25, 0.3) is 5.91 Å². The lowest BCUT2D eigenvalue weighted by molar-refractivity contribution is 0.102. The van der Waals surface area contributed by atoms with Crippen LogP contribution in [0.15, 0.2) is 12.1 Å². The number of hydrogen-bond acceptors (Lipinski definition) is 6. The fourth-order valence-electron chi connectivity index (χ4n) is 1.77. The second-order valence-corrected chi connectivity index (χ2v) is 5.41. The van der Waals surface area contributed by atoms with Crippen LogP contribution in [0, 0.1) is 11.6 Å². The molecule has 0 aliphatic carbocycles. The average Bonchev–Trinajstić information content (AvgIpc) is 2.95. The first kappa shape index (κ1) is 17.2. The number of nitrogens with one attached hydrogen (secondary N) is 1. The largest absolute Gasteiger partial charge is 0.491 e. The molecule has 0 bridgehead atoms. The Balaban J connectivity index is 2.08. The molecule has 23 heavy (non-hydrogen) atoms. The van der Waals surface area contributed by atoms with Gasteiger partial charge in [0.05, 0.1) is 19.3 Å². The normalized spacial score (nSPS) is 10.6. The van der Waals surface area contributed by atoms with Gasteiger partial charge >= 0.3 is 0 Å². The molecule has 0 saturated carbocycles. The molecule has 1 heterocycles. The molecular weight excluding hydrogens is 328 g/mol. The zero-order valence-corrected chi connectivity index (χ0v) is 13.4. The molecule has 1 N–H and O–H groups in total. The lowest BCUT2D eigenvalue weighted by Crippen LogP contribution is -2.14. The van der Waals surface area contributed by atoms with Gasteiger partial charge in [0.15, 0.2) is 17.4 Å². The Morgan fingerprint density at radius 3 is 2.83 bits per heavy atom. The predicted octanol–water partition coefficient (Wildman–Crippen LogP) is 2.66. The topological polar surface area (TPSA) is 73.3 Å². The van der Waals surface area contributed by atoms with Gasteiger partial charge in [-0.15, -0.1) is 10.2 Å². The number of ether oxygens (including phenoxy) is 2. The van der Waals surface area contributed by atoms with Crippen LogP contribution in [0.1, 0.15) is 22.3 Å². The number of hydrogen-bond donors (Lipinski definition) is 1. The summed E-state index contributed by atoms with van der Waals surface area (Å²) in [4.78, 5) is 12.1. The van der Waals surface area contributed by atoms with E-state index in [1.165, 1.54) is 0 Å². The fourth-order valence-corrected chi connectivity index (χ4v) is 2.48. The zero-order valence-electron chi connectivity index (χ0n) is 12.6. The maximum absolute atomic E-state index is 14.0. The molecule has 6 nitrogen and oxygen atoms in total. The van der Waals surface area contributed by atoms with Gasteiger partial charge in [-0.1, -0.05) is 11.3 Å². The van der Waals surface area contributed by atoms with Gasteiger partial charge in [0.2, 0.25) is 5.13 Å². The lowest BCUT2D eigenvalue weighted by Gasteiger charge is -2.07. The van der Waals surface area contributed by atoms with E-state index in [-0.39, 0.29) is 10.7 Å². The highest BCUT2D eigenvalue weighted by molar-refractivity contribution is 7.15. The molecule has 124 valence electrons. The van der Waals surface area contributed by atoms with Crippen LogP contribution in [0.3, 0.4) is 0 Å². The SMILES string of the molecule is CCOCCc1nnc(NC(=O)c2ccc(F)c(OC)c2F)s1. The Hall–Kier alpha value is -2.13. The number of aromatic nitrogens is 2. The summed E-state index contributed by atoms with van der Waals surface area (Å²) >= 11 is 1.16. The number of nitrogens with zero attached hydrogens (tertiary/aromatic N) is 2. The van der Waals surface area contributed by atoms with Crippen LogP contribution in [0.4, 0.5) is 13.9 Å². The maximum Gasteiger partial charge on any atom is 0.260 e. The Bertz CT molecular complexity index is 694. The van der Waals surface area contributed by atoms with Gasteiger partial charge in [0.1, 0.15) is 5.01 Å². The van der Waals surface area contributed by atoms with Crippen molar-refractivity contribution in [3.05, 3.63) is 34.3 Å². The lowest BCUT2D eigenvalue weighted by atomic mass is 10.2. The molecule has 0 unspecified atom stereocenters. The first-order chi connectivity index (χ1) is 11.1. The average molecular weight is 343 g/mol. The molecule has 1 aromatic carbocycles. The number of carbonyl (C=O) groups excluding carboxylic acids is 1. The van der Waals surface area contributed by atoms with Gasteiger partial charge in [-0.05, 0) is 19.1 Å². The van der Waals surface area contributed by atoms with E-state index in [9.17, 15) is 13.6 Å². The summed E-state index contributed by atoms with van der Waals surface area (Å²) in [5.74, 6) is -3.30. The number of methoxy groups -OCH3 is 1. The van der Waals surface area contributed by atoms with Crippen molar-refractivity contribution >= 4 is 22.4 Å². The highest BCUT2D eigenvalue weighted by Crippen LogP contribution is 2.25. The Kier molecular flexibility index (Phi) is 5.94. The Labute approximate surface area is 135 Å². The van der Waals surface area contributed by atoms with Gasteiger partial charge < -0.3 is 9.47 Å². The summed E-state index contributed by atoms with van der Waals surface area (Å²) in [5, 5.41) is 11.0. The van der Waals surface area contributed by atoms with Crippen LogP contribution in [0.25, 0.3) is 0 Å². The van der Waals surface area contributed by atoms with Crippen molar-refractivity contribution in [3.63, 3.8) is 0 Å². The van der Waals surface area contributed by atoms with Crippen LogP contribution in [-0.2, 0) is 11.2 Å². The van der Waals surface area contributed by atoms with Crippen LogP contribution in [0.2, 0.25) is 0 Å². The molecule has 9 heteroatoms. The standard InChI is InChI=1S/C14H15F2N3O3S/c1-3-22-7-6-10-18-19-14(23-10)17-13(20)8-4-5-9(15)12(21-2)11(8)16/h4-5H,3,6-7H2,1-2H3,(H,17,19,20). The summed E-state index contributed by atoms with van der Waals surface area (Å²) in [6.07, 6.45) is 0.570. The van der Waals surface area contributed by atoms with Crippen LogP contribution in [-0.4, -0.2) is 36.4 Å². The zero-order chi connectivity index (χ0) is 16.8. The van der Waals surface area contributed by atoms with Crippen molar-refractivity contribution in [2.45, 2.75) is 13.3 Å². The Morgan fingerprint density at radius 2 is 2.13 bits per heavy atom. The Morgan fingerprint density at radius 1 is 1.35 bits per heavy atom. The molecule has 0 radical (unpaired) electrons. The van der Waals surface area contributed by atoms with Gasteiger partial charge in [-0.2, -0.15) is 0 Å². The molecule has 1 amide bonds. The minimum absolute atomic E-state index is 0.226. The quantitative estimate of drug-likeness (QED) is 0.783. The number of amides is 1. The molecule has 0 aliphatic heterocycles. The summed E-state index contributed by atoms with van der Waals surface area (Å²) in [7, 11) is 1.12. The van der Waals surface area contributed by atoms with E-state index < -0.39 is 23.3 Å². The molecule has 2 rings (SSSR count). The third kappa shape index (κ3) is 4.20. The first-order valence-electron chi connectivity index (χ1n) is 6.80. The van der Waals surface area contributed by atoms with Crippen molar-refractivity contribution in [3.8, 4) is 5.75 Å². The number of carbonyl (C=O) groups is 1. The summed E-state index contributed by atoms with van der Waals surface area (Å²) in [5.41, 5.74) is -0.339. The molecule has 0 atom stereocenters. The van der Waals surface area contributed by atoms with E-state index >= 15 is 0 Å². The third-order valence-corrected chi connectivity index (χ3v) is 3.75. The second kappa shape index (κ2) is 7.93. The molecule has 0 spiro atoms. The van der Waals surface area contributed by atoms with Crippen molar-refractivity contribution in [1.82, 2.24) is 10.2 Å². The van der Waals surface area contributed by atoms with E-state index in [0.29, 0.717) is 24.6 Å². The molecular formula is C14H15F2N3O3S. The number of halogens is 2. The van der Waals surface area contributed by atoms with E-state index in [4.69, 9.17) is 4.74 Å². The third-order valence-electron chi connectivity index (χ3n) is 2.85. The van der Waals surface area contributed by atoms with Crippen LogP contribution >= 0.6 is 11.3 Å². The predicted molar refractivity (Wildman–Crippen MR) is 81.0 cm³/mol. The van der Waals surface area contributed by atoms with Gasteiger partial charge in [0, 0.05) is 13.0 Å². The van der Waals surface area contributed by atoms with E-state index in [0.717, 1.165) is 30.6 Å². The summed E-state index contributed by atoms with van der Waals surface area (Å²) in [6, 6.07) is 2.00. The highest BCUT2D eigenvalue weighted by atomic mass is 32.1. The number of anilines is 1. The maximum atomic E-state index is 14.0. The number of rotatable bonds is 7. The molecule has 2 aromatic rings. The molecule has 1 aromatic heterocycles. The van der Waals surface area contributed by atoms with E-state index in [2.05, 4.69) is 20.3 Å². The minimum Gasteiger partial charge on any atom is -0.491 e. The van der Waals surface area contributed by atoms with E-state index in [1.807, 2.05) is 6.92 Å². The van der Waals surface area contributed by atoms with Gasteiger partial charge in [-0.3, -0.25) is 10.1 Å². The number of benzene rings is 1. The van der Waals surface area contributed by atoms with Crippen molar-refractivity contribution < 1.29 is 23.0 Å². The first-order valence-corrected chi connectivity index (χ1v) is 7.62. The van der Waals surface area contributed by atoms with E-state index in [1.54, 1.807) is 0 Å². The molecule has 0 aliphatic rings. The second-order valence-electron chi connectivity index (χ2n) is 4.34. The fraction of sp³-hybridized carbons (Fsp3) is 0.357. The minimum atomic E-state index is -1.06. The van der Waals surface area contributed by atoms with Gasteiger partial charge in [-0.25, -0.2) is 8.78 Å². The summed E-state index contributed by atoms with van der Waals surface area (Å²) in [6.45, 7) is 2.99. The smallest absolute Gasteiger partial charge is 0.260 e. The highest BCUT2D eigenvalue weighted by Gasteiger charge is 2.20. The van der Waals surface area contributed by atoms with Crippen molar-refractivity contribution in [1.29, 1.82) is 0 Å². The molecule has 0 saturated heterocycles. The van der Waals surface area contributed by atoms with Crippen molar-refractivity contribution in [2.24, 2.45) is 0 Å². The van der Waals surface area contributed by atoms with Crippen LogP contribution in [0.5, 0.6) is 5.75 Å². The van der Waals surface area contributed by atoms with Crippen molar-refractivity contribution in [2.75, 3.05) is 25.6 Å².